The van der Waals surface area contributed by atoms with Crippen molar-refractivity contribution in [2.75, 3.05) is 6.79 Å². The maximum Gasteiger partial charge on any atom is 0.339 e. The minimum absolute atomic E-state index is 0.0283. The number of ether oxygens (including phenoxy) is 3. The summed E-state index contributed by atoms with van der Waals surface area (Å²) < 4.78 is 20.7. The number of allylic oxidation sites excluding steroid dienone is 1. The van der Waals surface area contributed by atoms with Crippen LogP contribution in [0.15, 0.2) is 42.5 Å². The fourth-order valence-corrected chi connectivity index (χ4v) is 4.81. The fourth-order valence-electron chi connectivity index (χ4n) is 4.21. The number of hydrogen-bond acceptors (Lipinski definition) is 8. The minimum atomic E-state index is -0.418. The van der Waals surface area contributed by atoms with E-state index in [9.17, 15) is 4.79 Å². The van der Waals surface area contributed by atoms with Crippen LogP contribution in [0, 0.1) is 0 Å². The number of fused-ring (bicyclic) bond motifs is 3. The van der Waals surface area contributed by atoms with Crippen LogP contribution in [0.3, 0.4) is 0 Å². The Morgan fingerprint density at radius 3 is 2.91 bits per heavy atom. The van der Waals surface area contributed by atoms with Crippen molar-refractivity contribution in [2.24, 2.45) is 0 Å². The molecule has 0 fully saturated rings. The molecule has 2 aromatic carbocycles. The third-order valence-corrected chi connectivity index (χ3v) is 6.72. The van der Waals surface area contributed by atoms with Gasteiger partial charge in [0.15, 0.2) is 11.5 Å². The van der Waals surface area contributed by atoms with E-state index in [0.29, 0.717) is 22.0 Å². The number of rotatable bonds is 4. The Morgan fingerprint density at radius 1 is 1.15 bits per heavy atom. The van der Waals surface area contributed by atoms with Crippen LogP contribution in [0.5, 0.6) is 11.5 Å². The van der Waals surface area contributed by atoms with E-state index in [4.69, 9.17) is 30.8 Å². The average Bonchev–Trinajstić information content (AvgIpc) is 3.56. The Morgan fingerprint density at radius 2 is 2.03 bits per heavy atom. The number of hydrogen-bond donors (Lipinski definition) is 0. The van der Waals surface area contributed by atoms with Gasteiger partial charge in [-0.15, -0.1) is 5.10 Å². The number of carbonyl (C=O) groups is 1. The van der Waals surface area contributed by atoms with Crippen molar-refractivity contribution >= 4 is 51.7 Å². The molecule has 9 heteroatoms. The first-order valence-corrected chi connectivity index (χ1v) is 11.5. The number of pyridine rings is 1. The average molecular weight is 478 g/mol. The highest BCUT2D eigenvalue weighted by Crippen LogP contribution is 2.39. The zero-order valence-electron chi connectivity index (χ0n) is 17.2. The lowest BCUT2D eigenvalue weighted by Crippen LogP contribution is -2.11. The van der Waals surface area contributed by atoms with Crippen LogP contribution in [-0.2, 0) is 17.8 Å². The van der Waals surface area contributed by atoms with Crippen molar-refractivity contribution in [3.8, 4) is 11.5 Å². The van der Waals surface area contributed by atoms with E-state index in [1.165, 1.54) is 0 Å². The van der Waals surface area contributed by atoms with E-state index >= 15 is 0 Å². The second-order valence-corrected chi connectivity index (χ2v) is 9.04. The molecule has 4 aromatic rings. The zero-order chi connectivity index (χ0) is 22.4. The highest BCUT2D eigenvalue weighted by molar-refractivity contribution is 7.10. The topological polar surface area (TPSA) is 83.4 Å². The van der Waals surface area contributed by atoms with Gasteiger partial charge in [-0.05, 0) is 53.8 Å². The van der Waals surface area contributed by atoms with Gasteiger partial charge in [-0.25, -0.2) is 9.78 Å². The molecule has 1 aliphatic heterocycles. The Balaban J connectivity index is 1.40. The van der Waals surface area contributed by atoms with Gasteiger partial charge in [-0.3, -0.25) is 0 Å². The summed E-state index contributed by atoms with van der Waals surface area (Å²) >= 11 is 7.12. The molecule has 0 saturated heterocycles. The lowest BCUT2D eigenvalue weighted by molar-refractivity contribution is 0.0469. The van der Waals surface area contributed by atoms with Crippen LogP contribution in [-0.4, -0.2) is 27.3 Å². The highest BCUT2D eigenvalue weighted by Gasteiger charge is 2.28. The third-order valence-electron chi connectivity index (χ3n) is 5.73. The molecule has 3 heterocycles. The number of nitrogens with zero attached hydrogens (tertiary/aromatic N) is 3. The Hall–Kier alpha value is -3.49. The molecule has 33 heavy (non-hydrogen) atoms. The maximum atomic E-state index is 13.2. The summed E-state index contributed by atoms with van der Waals surface area (Å²) in [5, 5.41) is 4.69. The molecule has 0 N–H and O–H groups in total. The number of halogens is 1. The van der Waals surface area contributed by atoms with Gasteiger partial charge in [0.1, 0.15) is 16.6 Å². The monoisotopic (exact) mass is 477 g/mol. The summed E-state index contributed by atoms with van der Waals surface area (Å²) in [4.78, 5) is 18.1. The van der Waals surface area contributed by atoms with Crippen LogP contribution in [0.1, 0.15) is 39.3 Å². The van der Waals surface area contributed by atoms with Crippen molar-refractivity contribution in [1.29, 1.82) is 0 Å². The molecule has 0 atom stereocenters. The number of esters is 1. The van der Waals surface area contributed by atoms with E-state index in [1.807, 2.05) is 42.5 Å². The summed E-state index contributed by atoms with van der Waals surface area (Å²) in [5.41, 5.74) is 5.52. The lowest BCUT2D eigenvalue weighted by Gasteiger charge is -2.12. The number of para-hydroxylation sites is 1. The van der Waals surface area contributed by atoms with Gasteiger partial charge in [0.2, 0.25) is 6.79 Å². The number of benzene rings is 2. The van der Waals surface area contributed by atoms with Crippen LogP contribution >= 0.6 is 23.1 Å². The molecule has 1 aliphatic carbocycles. The van der Waals surface area contributed by atoms with Crippen molar-refractivity contribution in [1.82, 2.24) is 14.6 Å². The van der Waals surface area contributed by atoms with E-state index in [0.717, 1.165) is 62.7 Å². The van der Waals surface area contributed by atoms with Gasteiger partial charge in [0.25, 0.3) is 0 Å². The van der Waals surface area contributed by atoms with Crippen molar-refractivity contribution in [3.63, 3.8) is 0 Å². The molecule has 0 spiro atoms. The first-order chi connectivity index (χ1) is 16.2. The van der Waals surface area contributed by atoms with Gasteiger partial charge >= 0.3 is 5.97 Å². The van der Waals surface area contributed by atoms with Crippen molar-refractivity contribution in [2.45, 2.75) is 19.4 Å². The third kappa shape index (κ3) is 3.61. The first kappa shape index (κ1) is 20.1. The summed E-state index contributed by atoms with van der Waals surface area (Å²) in [6.45, 7) is 0.207. The Labute approximate surface area is 197 Å². The molecule has 0 amide bonds. The van der Waals surface area contributed by atoms with Crippen LogP contribution < -0.4 is 9.47 Å². The molecule has 6 rings (SSSR count). The summed E-state index contributed by atoms with van der Waals surface area (Å²) in [6.07, 6.45) is 3.56. The van der Waals surface area contributed by atoms with Crippen LogP contribution in [0.4, 0.5) is 0 Å². The van der Waals surface area contributed by atoms with Gasteiger partial charge in [-0.2, -0.15) is 0 Å². The largest absolute Gasteiger partial charge is 0.455 e. The van der Waals surface area contributed by atoms with Crippen LogP contribution in [0.2, 0.25) is 4.34 Å². The molecule has 2 aromatic heterocycles. The standard InChI is InChI=1S/C24H16ClN3O4S/c25-23-18(27-28-33-23)11-30-24(29)21-15-3-1-2-4-17(15)26-22-14(6-7-16(21)22)9-13-5-8-19-20(10-13)32-12-31-19/h1-5,8-10H,6-7,11-12H2/b14-9+. The van der Waals surface area contributed by atoms with Gasteiger partial charge in [0.05, 0.1) is 16.8 Å². The fraction of sp³-hybridized carbons (Fsp3) is 0.167. The number of carbonyl (C=O) groups excluding carboxylic acids is 1. The predicted molar refractivity (Wildman–Crippen MR) is 125 cm³/mol. The molecule has 164 valence electrons. The van der Waals surface area contributed by atoms with E-state index in [-0.39, 0.29) is 13.4 Å². The molecule has 0 saturated carbocycles. The molecular formula is C24H16ClN3O4S. The van der Waals surface area contributed by atoms with E-state index < -0.39 is 5.97 Å². The predicted octanol–water partition coefficient (Wildman–Crippen LogP) is 5.31. The quantitative estimate of drug-likeness (QED) is 0.368. The zero-order valence-corrected chi connectivity index (χ0v) is 18.8. The van der Waals surface area contributed by atoms with Crippen molar-refractivity contribution < 1.29 is 19.0 Å². The van der Waals surface area contributed by atoms with E-state index in [2.05, 4.69) is 15.7 Å². The van der Waals surface area contributed by atoms with Gasteiger partial charge < -0.3 is 14.2 Å². The Kier molecular flexibility index (Phi) is 4.96. The second-order valence-electron chi connectivity index (χ2n) is 7.68. The Bertz CT molecular complexity index is 1450. The number of aromatic nitrogens is 3. The molecule has 0 radical (unpaired) electrons. The van der Waals surface area contributed by atoms with Crippen molar-refractivity contribution in [3.05, 3.63) is 74.9 Å². The smallest absolute Gasteiger partial charge is 0.339 e. The highest BCUT2D eigenvalue weighted by atomic mass is 35.5. The molecule has 7 nitrogen and oxygen atoms in total. The van der Waals surface area contributed by atoms with Gasteiger partial charge in [0, 0.05) is 16.9 Å². The van der Waals surface area contributed by atoms with Gasteiger partial charge in [-0.1, -0.05) is 40.4 Å². The minimum Gasteiger partial charge on any atom is -0.455 e. The SMILES string of the molecule is O=C(OCc1nnsc1Cl)c1c2c(nc3ccccc13)/C(=C/c1ccc3c(c1)OCO3)CC2. The lowest BCUT2D eigenvalue weighted by atomic mass is 10.0. The summed E-state index contributed by atoms with van der Waals surface area (Å²) in [5.74, 6) is 1.06. The molecule has 0 bridgehead atoms. The molecule has 0 unspecified atom stereocenters. The van der Waals surface area contributed by atoms with E-state index in [1.54, 1.807) is 0 Å². The van der Waals surface area contributed by atoms with Crippen LogP contribution in [0.25, 0.3) is 22.6 Å². The summed E-state index contributed by atoms with van der Waals surface area (Å²) in [6, 6.07) is 13.5. The first-order valence-electron chi connectivity index (χ1n) is 10.3. The normalized spacial score (nSPS) is 15.2. The maximum absolute atomic E-state index is 13.2. The molecule has 2 aliphatic rings. The summed E-state index contributed by atoms with van der Waals surface area (Å²) in [7, 11) is 0. The molecular weight excluding hydrogens is 462 g/mol. The second kappa shape index (κ2) is 8.13.